The Morgan fingerprint density at radius 1 is 0.962 bits per heavy atom. The Morgan fingerprint density at radius 3 is 2.15 bits per heavy atom. The molecule has 0 unspecified atom stereocenters. The Labute approximate surface area is 162 Å². The maximum atomic E-state index is 12.1. The second-order valence-corrected chi connectivity index (χ2v) is 6.62. The lowest BCUT2D eigenvalue weighted by atomic mass is 10.1. The first-order valence-corrected chi connectivity index (χ1v) is 9.17. The Bertz CT molecular complexity index is 728. The molecule has 2 rings (SSSR count). The third kappa shape index (κ3) is 6.19. The van der Waals surface area contributed by atoms with Gasteiger partial charge in [0.15, 0.2) is 12.4 Å². The zero-order chi connectivity index (χ0) is 18.9. The summed E-state index contributed by atoms with van der Waals surface area (Å²) in [4.78, 5) is 25.3. The molecule has 26 heavy (non-hydrogen) atoms. The van der Waals surface area contributed by atoms with E-state index >= 15 is 0 Å². The van der Waals surface area contributed by atoms with Crippen LogP contribution in [-0.4, -0.2) is 43.4 Å². The fourth-order valence-corrected chi connectivity index (χ4v) is 2.42. The monoisotopic (exact) mass is 419 g/mol. The van der Waals surface area contributed by atoms with Crippen molar-refractivity contribution in [2.75, 3.05) is 26.8 Å². The van der Waals surface area contributed by atoms with Crippen LogP contribution in [0, 0.1) is 0 Å². The minimum absolute atomic E-state index is 0.0597. The lowest BCUT2D eigenvalue weighted by Gasteiger charge is -2.18. The van der Waals surface area contributed by atoms with Crippen LogP contribution in [0.1, 0.15) is 23.7 Å². The molecule has 0 aliphatic heterocycles. The summed E-state index contributed by atoms with van der Waals surface area (Å²) in [7, 11) is 1.71. The fourth-order valence-electron chi connectivity index (χ4n) is 2.15. The van der Waals surface area contributed by atoms with E-state index in [4.69, 9.17) is 9.47 Å². The van der Waals surface area contributed by atoms with Gasteiger partial charge in [0.25, 0.3) is 5.91 Å². The molecule has 0 saturated carbocycles. The second kappa shape index (κ2) is 9.97. The Kier molecular flexibility index (Phi) is 7.66. The topological polar surface area (TPSA) is 55.8 Å². The highest BCUT2D eigenvalue weighted by atomic mass is 79.9. The highest BCUT2D eigenvalue weighted by molar-refractivity contribution is 9.10. The van der Waals surface area contributed by atoms with Crippen LogP contribution in [0.15, 0.2) is 53.0 Å². The number of carbonyl (C=O) groups is 2. The normalized spacial score (nSPS) is 10.3. The number of amides is 1. The molecule has 0 fully saturated rings. The molecule has 6 heteroatoms. The van der Waals surface area contributed by atoms with Crippen LogP contribution < -0.4 is 9.47 Å². The van der Waals surface area contributed by atoms with E-state index in [-0.39, 0.29) is 18.3 Å². The fraction of sp³-hybridized carbons (Fsp3) is 0.300. The lowest BCUT2D eigenvalue weighted by Crippen LogP contribution is -2.34. The van der Waals surface area contributed by atoms with Gasteiger partial charge < -0.3 is 14.4 Å². The molecule has 0 N–H and O–H groups in total. The first kappa shape index (κ1) is 20.0. The van der Waals surface area contributed by atoms with E-state index < -0.39 is 0 Å². The summed E-state index contributed by atoms with van der Waals surface area (Å²) in [6, 6.07) is 14.3. The van der Waals surface area contributed by atoms with Gasteiger partial charge in [0.2, 0.25) is 0 Å². The molecule has 0 heterocycles. The third-order valence-corrected chi connectivity index (χ3v) is 4.32. The van der Waals surface area contributed by atoms with Gasteiger partial charge in [0.1, 0.15) is 18.1 Å². The van der Waals surface area contributed by atoms with E-state index in [0.29, 0.717) is 30.9 Å². The zero-order valence-electron chi connectivity index (χ0n) is 14.9. The van der Waals surface area contributed by atoms with E-state index in [1.807, 2.05) is 31.2 Å². The van der Waals surface area contributed by atoms with Crippen molar-refractivity contribution in [2.45, 2.75) is 13.3 Å². The van der Waals surface area contributed by atoms with E-state index in [9.17, 15) is 9.59 Å². The van der Waals surface area contributed by atoms with E-state index in [1.54, 1.807) is 36.2 Å². The van der Waals surface area contributed by atoms with Crippen LogP contribution in [0.4, 0.5) is 0 Å². The van der Waals surface area contributed by atoms with E-state index in [1.165, 1.54) is 0 Å². The molecular formula is C20H22BrNO4. The molecule has 5 nitrogen and oxygen atoms in total. The highest BCUT2D eigenvalue weighted by Crippen LogP contribution is 2.16. The van der Waals surface area contributed by atoms with Gasteiger partial charge in [-0.05, 0) is 48.5 Å². The minimum Gasteiger partial charge on any atom is -0.492 e. The minimum atomic E-state index is -0.141. The molecule has 2 aromatic rings. The van der Waals surface area contributed by atoms with E-state index in [0.717, 1.165) is 10.2 Å². The molecule has 0 saturated heterocycles. The Hall–Kier alpha value is -2.34. The summed E-state index contributed by atoms with van der Waals surface area (Å²) >= 11 is 3.37. The number of ketones is 1. The summed E-state index contributed by atoms with van der Waals surface area (Å²) in [6.45, 7) is 2.62. The Morgan fingerprint density at radius 2 is 1.54 bits per heavy atom. The predicted octanol–water partition coefficient (Wildman–Crippen LogP) is 3.96. The molecule has 1 amide bonds. The van der Waals surface area contributed by atoms with Crippen molar-refractivity contribution in [3.8, 4) is 11.5 Å². The largest absolute Gasteiger partial charge is 0.492 e. The van der Waals surface area contributed by atoms with Gasteiger partial charge in [-0.2, -0.15) is 0 Å². The van der Waals surface area contributed by atoms with Crippen LogP contribution in [0.2, 0.25) is 0 Å². The molecule has 0 aromatic heterocycles. The van der Waals surface area contributed by atoms with Crippen LogP contribution in [-0.2, 0) is 4.79 Å². The number of ether oxygens (including phenoxy) is 2. The van der Waals surface area contributed by atoms with Crippen LogP contribution in [0.3, 0.4) is 0 Å². The standard InChI is InChI=1S/C20H22BrNO4/c1-3-19(23)15-4-8-18(9-5-15)26-14-20(24)22(2)12-13-25-17-10-6-16(21)7-11-17/h4-11H,3,12-14H2,1-2H3. The summed E-state index contributed by atoms with van der Waals surface area (Å²) in [5.74, 6) is 1.26. The first-order valence-electron chi connectivity index (χ1n) is 8.38. The van der Waals surface area contributed by atoms with Crippen molar-refractivity contribution >= 4 is 27.6 Å². The molecule has 0 spiro atoms. The van der Waals surface area contributed by atoms with E-state index in [2.05, 4.69) is 15.9 Å². The molecule has 0 aliphatic rings. The molecule has 0 atom stereocenters. The van der Waals surface area contributed by atoms with Gasteiger partial charge in [0, 0.05) is 23.5 Å². The summed E-state index contributed by atoms with van der Waals surface area (Å²) in [5, 5.41) is 0. The molecular weight excluding hydrogens is 398 g/mol. The number of benzene rings is 2. The van der Waals surface area contributed by atoms with Crippen LogP contribution >= 0.6 is 15.9 Å². The Balaban J connectivity index is 1.72. The van der Waals surface area contributed by atoms with Crippen molar-refractivity contribution in [1.82, 2.24) is 4.90 Å². The molecule has 2 aromatic carbocycles. The smallest absolute Gasteiger partial charge is 0.260 e. The summed E-state index contributed by atoms with van der Waals surface area (Å²) in [5.41, 5.74) is 0.647. The molecule has 0 aliphatic carbocycles. The average molecular weight is 420 g/mol. The number of nitrogens with zero attached hydrogens (tertiary/aromatic N) is 1. The quantitative estimate of drug-likeness (QED) is 0.577. The van der Waals surface area contributed by atoms with Crippen molar-refractivity contribution in [1.29, 1.82) is 0 Å². The zero-order valence-corrected chi connectivity index (χ0v) is 16.5. The predicted molar refractivity (Wildman–Crippen MR) is 104 cm³/mol. The van der Waals surface area contributed by atoms with Crippen LogP contribution in [0.5, 0.6) is 11.5 Å². The number of likely N-dealkylation sites (N-methyl/N-ethyl adjacent to an activating group) is 1. The summed E-state index contributed by atoms with van der Waals surface area (Å²) < 4.78 is 12.1. The second-order valence-electron chi connectivity index (χ2n) is 5.71. The molecule has 138 valence electrons. The van der Waals surface area contributed by atoms with Gasteiger partial charge in [-0.1, -0.05) is 22.9 Å². The van der Waals surface area contributed by atoms with Crippen LogP contribution in [0.25, 0.3) is 0 Å². The van der Waals surface area contributed by atoms with Gasteiger partial charge in [-0.15, -0.1) is 0 Å². The van der Waals surface area contributed by atoms with Gasteiger partial charge in [-0.25, -0.2) is 0 Å². The van der Waals surface area contributed by atoms with Crippen molar-refractivity contribution in [3.05, 3.63) is 58.6 Å². The van der Waals surface area contributed by atoms with Crippen molar-refractivity contribution in [2.24, 2.45) is 0 Å². The number of carbonyl (C=O) groups excluding carboxylic acids is 2. The van der Waals surface area contributed by atoms with Crippen molar-refractivity contribution in [3.63, 3.8) is 0 Å². The molecule has 0 bridgehead atoms. The van der Waals surface area contributed by atoms with Crippen molar-refractivity contribution < 1.29 is 19.1 Å². The number of Topliss-reactive ketones (excluding diaryl/α,β-unsaturated/α-hetero) is 1. The van der Waals surface area contributed by atoms with Gasteiger partial charge in [0.05, 0.1) is 6.54 Å². The first-order chi connectivity index (χ1) is 12.5. The summed E-state index contributed by atoms with van der Waals surface area (Å²) in [6.07, 6.45) is 0.464. The number of hydrogen-bond donors (Lipinski definition) is 0. The number of halogens is 1. The maximum absolute atomic E-state index is 12.1. The lowest BCUT2D eigenvalue weighted by molar-refractivity contribution is -0.132. The average Bonchev–Trinajstić information content (AvgIpc) is 2.67. The van der Waals surface area contributed by atoms with Gasteiger partial charge in [-0.3, -0.25) is 9.59 Å². The number of hydrogen-bond acceptors (Lipinski definition) is 4. The highest BCUT2D eigenvalue weighted by Gasteiger charge is 2.10. The molecule has 0 radical (unpaired) electrons. The van der Waals surface area contributed by atoms with Gasteiger partial charge >= 0.3 is 0 Å². The number of rotatable bonds is 9. The maximum Gasteiger partial charge on any atom is 0.260 e. The third-order valence-electron chi connectivity index (χ3n) is 3.79. The SMILES string of the molecule is CCC(=O)c1ccc(OCC(=O)N(C)CCOc2ccc(Br)cc2)cc1.